The van der Waals surface area contributed by atoms with Crippen molar-refractivity contribution >= 4 is 27.3 Å². The van der Waals surface area contributed by atoms with Crippen LogP contribution in [0.15, 0.2) is 51.9 Å². The van der Waals surface area contributed by atoms with E-state index in [-0.39, 0.29) is 10.6 Å². The highest BCUT2D eigenvalue weighted by Crippen LogP contribution is 2.32. The largest absolute Gasteiger partial charge is 0.495 e. The molecule has 3 rings (SSSR count). The molecule has 0 fully saturated rings. The molecule has 1 N–H and O–H groups in total. The Morgan fingerprint density at radius 2 is 1.88 bits per heavy atom. The molecule has 1 aromatic heterocycles. The minimum Gasteiger partial charge on any atom is -0.495 e. The lowest BCUT2D eigenvalue weighted by Crippen LogP contribution is -2.14. The van der Waals surface area contributed by atoms with Crippen LogP contribution < -0.4 is 9.46 Å². The predicted molar refractivity (Wildman–Crippen MR) is 100 cm³/mol. The Bertz CT molecular complexity index is 1060. The first-order valence-corrected chi connectivity index (χ1v) is 9.57. The van der Waals surface area contributed by atoms with E-state index in [1.165, 1.54) is 13.2 Å². The summed E-state index contributed by atoms with van der Waals surface area (Å²) in [5, 5.41) is 4.30. The summed E-state index contributed by atoms with van der Waals surface area (Å²) in [6.45, 7) is 3.63. The third kappa shape index (κ3) is 3.68. The molecule has 0 aliphatic carbocycles. The minimum absolute atomic E-state index is 0.0109. The molecule has 0 saturated carbocycles. The number of nitrogens with one attached hydrogen (secondary N) is 1. The molecule has 3 aromatic rings. The zero-order valence-electron chi connectivity index (χ0n) is 14.4. The summed E-state index contributed by atoms with van der Waals surface area (Å²) in [7, 11) is -2.49. The molecule has 0 radical (unpaired) electrons. The lowest BCUT2D eigenvalue weighted by molar-refractivity contribution is 0.402. The highest BCUT2D eigenvalue weighted by molar-refractivity contribution is 7.92. The molecular formula is C18H17ClN2O4S. The van der Waals surface area contributed by atoms with Crippen LogP contribution in [0.25, 0.3) is 11.3 Å². The van der Waals surface area contributed by atoms with E-state index in [1.807, 2.05) is 6.92 Å². The van der Waals surface area contributed by atoms with Gasteiger partial charge >= 0.3 is 0 Å². The van der Waals surface area contributed by atoms with Gasteiger partial charge in [-0.1, -0.05) is 22.8 Å². The van der Waals surface area contributed by atoms with Crippen LogP contribution in [0.1, 0.15) is 11.3 Å². The molecule has 0 amide bonds. The van der Waals surface area contributed by atoms with Gasteiger partial charge in [0.25, 0.3) is 10.0 Å². The van der Waals surface area contributed by atoms with Gasteiger partial charge < -0.3 is 9.26 Å². The van der Waals surface area contributed by atoms with Crippen molar-refractivity contribution in [1.29, 1.82) is 0 Å². The molecule has 2 aromatic carbocycles. The van der Waals surface area contributed by atoms with Crippen molar-refractivity contribution < 1.29 is 17.7 Å². The molecule has 0 unspecified atom stereocenters. The first-order chi connectivity index (χ1) is 12.3. The summed E-state index contributed by atoms with van der Waals surface area (Å²) in [5.41, 5.74) is 2.50. The molecule has 1 heterocycles. The summed E-state index contributed by atoms with van der Waals surface area (Å²) >= 11 is 6.08. The van der Waals surface area contributed by atoms with Gasteiger partial charge in [-0.25, -0.2) is 8.42 Å². The fourth-order valence-corrected chi connectivity index (χ4v) is 3.83. The number of methoxy groups -OCH3 is 1. The van der Waals surface area contributed by atoms with Gasteiger partial charge in [-0.15, -0.1) is 0 Å². The third-order valence-corrected chi connectivity index (χ3v) is 5.60. The van der Waals surface area contributed by atoms with E-state index in [1.54, 1.807) is 43.3 Å². The van der Waals surface area contributed by atoms with Gasteiger partial charge in [0, 0.05) is 16.7 Å². The van der Waals surface area contributed by atoms with Crippen LogP contribution in [0.3, 0.4) is 0 Å². The van der Waals surface area contributed by atoms with Crippen LogP contribution in [-0.2, 0) is 10.0 Å². The van der Waals surface area contributed by atoms with E-state index in [4.69, 9.17) is 20.9 Å². The lowest BCUT2D eigenvalue weighted by Gasteiger charge is -2.13. The van der Waals surface area contributed by atoms with Crippen LogP contribution in [0.4, 0.5) is 5.69 Å². The summed E-state index contributed by atoms with van der Waals surface area (Å²) in [5.74, 6) is 0.690. The first kappa shape index (κ1) is 18.3. The average Bonchev–Trinajstić information content (AvgIpc) is 3.04. The summed E-state index contributed by atoms with van der Waals surface area (Å²) in [6, 6.07) is 11.4. The van der Waals surface area contributed by atoms with E-state index in [9.17, 15) is 8.42 Å². The van der Waals surface area contributed by atoms with Gasteiger partial charge in [0.1, 0.15) is 10.6 Å². The van der Waals surface area contributed by atoms with E-state index in [0.717, 1.165) is 5.56 Å². The molecule has 0 saturated heterocycles. The summed E-state index contributed by atoms with van der Waals surface area (Å²) in [4.78, 5) is -0.0109. The van der Waals surface area contributed by atoms with Crippen molar-refractivity contribution in [2.75, 3.05) is 11.8 Å². The maximum atomic E-state index is 12.9. The summed E-state index contributed by atoms with van der Waals surface area (Å²) < 4.78 is 38.7. The number of rotatable bonds is 5. The average molecular weight is 393 g/mol. The Balaban J connectivity index is 2.03. The maximum absolute atomic E-state index is 12.9. The van der Waals surface area contributed by atoms with Crippen LogP contribution in [-0.4, -0.2) is 20.7 Å². The number of aromatic nitrogens is 1. The number of benzene rings is 2. The normalized spacial score (nSPS) is 11.4. The van der Waals surface area contributed by atoms with Gasteiger partial charge in [0.2, 0.25) is 0 Å². The van der Waals surface area contributed by atoms with Crippen molar-refractivity contribution in [3.8, 4) is 17.1 Å². The molecule has 0 aliphatic rings. The number of hydrogen-bond donors (Lipinski definition) is 1. The first-order valence-electron chi connectivity index (χ1n) is 7.71. The van der Waals surface area contributed by atoms with E-state index in [2.05, 4.69) is 9.88 Å². The Hall–Kier alpha value is -2.51. The number of halogens is 1. The third-order valence-electron chi connectivity index (χ3n) is 3.79. The van der Waals surface area contributed by atoms with E-state index in [0.29, 0.717) is 27.7 Å². The molecule has 26 heavy (non-hydrogen) atoms. The number of anilines is 1. The lowest BCUT2D eigenvalue weighted by atomic mass is 10.1. The summed E-state index contributed by atoms with van der Waals surface area (Å²) in [6.07, 6.45) is 0. The second-order valence-electron chi connectivity index (χ2n) is 5.77. The van der Waals surface area contributed by atoms with Gasteiger partial charge in [0.15, 0.2) is 5.76 Å². The van der Waals surface area contributed by atoms with E-state index >= 15 is 0 Å². The Labute approximate surface area is 156 Å². The highest BCUT2D eigenvalue weighted by atomic mass is 35.5. The Kier molecular flexibility index (Phi) is 4.93. The SMILES string of the molecule is COc1ccc(-c2cc(C)no2)cc1S(=O)(=O)Nc1ccc(C)c(Cl)c1. The monoisotopic (exact) mass is 392 g/mol. The second-order valence-corrected chi connectivity index (χ2v) is 7.83. The topological polar surface area (TPSA) is 81.4 Å². The minimum atomic E-state index is -3.91. The molecule has 0 atom stereocenters. The van der Waals surface area contributed by atoms with Gasteiger partial charge in [-0.3, -0.25) is 4.72 Å². The number of hydrogen-bond acceptors (Lipinski definition) is 5. The van der Waals surface area contributed by atoms with Crippen molar-refractivity contribution in [3.05, 3.63) is 58.7 Å². The van der Waals surface area contributed by atoms with Crippen molar-refractivity contribution in [2.45, 2.75) is 18.7 Å². The molecule has 136 valence electrons. The fourth-order valence-electron chi connectivity index (χ4n) is 2.41. The van der Waals surface area contributed by atoms with Crippen molar-refractivity contribution in [3.63, 3.8) is 0 Å². The quantitative estimate of drug-likeness (QED) is 0.695. The number of nitrogens with zero attached hydrogens (tertiary/aromatic N) is 1. The molecule has 0 aliphatic heterocycles. The second kappa shape index (κ2) is 7.01. The van der Waals surface area contributed by atoms with Crippen LogP contribution in [0.2, 0.25) is 5.02 Å². The number of ether oxygens (including phenoxy) is 1. The van der Waals surface area contributed by atoms with Crippen LogP contribution in [0.5, 0.6) is 5.75 Å². The van der Waals surface area contributed by atoms with Gasteiger partial charge in [-0.2, -0.15) is 0 Å². The zero-order chi connectivity index (χ0) is 18.9. The zero-order valence-corrected chi connectivity index (χ0v) is 16.0. The molecular weight excluding hydrogens is 376 g/mol. The van der Waals surface area contributed by atoms with E-state index < -0.39 is 10.0 Å². The highest BCUT2D eigenvalue weighted by Gasteiger charge is 2.22. The number of sulfonamides is 1. The van der Waals surface area contributed by atoms with Crippen molar-refractivity contribution in [1.82, 2.24) is 5.16 Å². The molecule has 8 heteroatoms. The standard InChI is InChI=1S/C18H17ClN2O4S/c1-11-4-6-14(10-15(11)19)21-26(22,23)18-9-13(5-7-16(18)24-3)17-8-12(2)20-25-17/h4-10,21H,1-3H3. The fraction of sp³-hybridized carbons (Fsp3) is 0.167. The Morgan fingerprint density at radius 3 is 2.50 bits per heavy atom. The van der Waals surface area contributed by atoms with Gasteiger partial charge in [-0.05, 0) is 49.7 Å². The molecule has 0 spiro atoms. The van der Waals surface area contributed by atoms with Crippen LogP contribution in [0, 0.1) is 13.8 Å². The molecule has 0 bridgehead atoms. The maximum Gasteiger partial charge on any atom is 0.265 e. The smallest absolute Gasteiger partial charge is 0.265 e. The van der Waals surface area contributed by atoms with Gasteiger partial charge in [0.05, 0.1) is 18.5 Å². The van der Waals surface area contributed by atoms with Crippen molar-refractivity contribution in [2.24, 2.45) is 0 Å². The Morgan fingerprint density at radius 1 is 1.12 bits per heavy atom. The predicted octanol–water partition coefficient (Wildman–Crippen LogP) is 4.42. The molecule has 6 nitrogen and oxygen atoms in total. The van der Waals surface area contributed by atoms with Crippen LogP contribution >= 0.6 is 11.6 Å². The number of aryl methyl sites for hydroxylation is 2.